The molecule has 0 radical (unpaired) electrons. The molecule has 0 saturated heterocycles. The molecule has 1 aliphatic rings. The van der Waals surface area contributed by atoms with Gasteiger partial charge in [-0.15, -0.1) is 0 Å². The number of benzene rings is 1. The van der Waals surface area contributed by atoms with E-state index in [2.05, 4.69) is 15.0 Å². The fourth-order valence-corrected chi connectivity index (χ4v) is 2.24. The van der Waals surface area contributed by atoms with Crippen molar-refractivity contribution in [1.29, 1.82) is 0 Å². The molecule has 2 aromatic rings. The largest absolute Gasteiger partial charge is 0.497 e. The van der Waals surface area contributed by atoms with Gasteiger partial charge in [0.15, 0.2) is 4.77 Å². The molecule has 1 aromatic carbocycles. The Hall–Kier alpha value is -2.67. The van der Waals surface area contributed by atoms with E-state index in [4.69, 9.17) is 17.0 Å². The van der Waals surface area contributed by atoms with E-state index in [-0.39, 0.29) is 16.6 Å². The average Bonchev–Trinajstić information content (AvgIpc) is 2.77. The van der Waals surface area contributed by atoms with E-state index >= 15 is 0 Å². The molecule has 0 unspecified atom stereocenters. The van der Waals surface area contributed by atoms with Crippen LogP contribution in [0.3, 0.4) is 0 Å². The number of amides is 1. The number of ether oxygens (including phenoxy) is 1. The number of nitrogens with one attached hydrogen (secondary N) is 2. The topological polar surface area (TPSA) is 90.5 Å². The molecular formula is C14H11N3O3S. The van der Waals surface area contributed by atoms with Crippen molar-refractivity contribution >= 4 is 30.3 Å². The van der Waals surface area contributed by atoms with Gasteiger partial charge < -0.3 is 19.8 Å². The summed E-state index contributed by atoms with van der Waals surface area (Å²) in [4.78, 5) is 21.3. The molecule has 21 heavy (non-hydrogen) atoms. The molecule has 7 heteroatoms. The molecule has 0 aliphatic carbocycles. The monoisotopic (exact) mass is 301 g/mol. The van der Waals surface area contributed by atoms with Gasteiger partial charge in [0.05, 0.1) is 12.5 Å². The van der Waals surface area contributed by atoms with Crippen LogP contribution in [0.25, 0.3) is 12.2 Å². The quantitative estimate of drug-likeness (QED) is 0.565. The first-order valence-corrected chi connectivity index (χ1v) is 6.49. The summed E-state index contributed by atoms with van der Waals surface area (Å²) in [6.07, 6.45) is 3.19. The first-order chi connectivity index (χ1) is 10.1. The number of hydrogen-bond acceptors (Lipinski definition) is 4. The Labute approximate surface area is 124 Å². The lowest BCUT2D eigenvalue weighted by atomic mass is 10.1. The lowest BCUT2D eigenvalue weighted by Crippen LogP contribution is -2.30. The summed E-state index contributed by atoms with van der Waals surface area (Å²) >= 11 is 4.88. The lowest BCUT2D eigenvalue weighted by molar-refractivity contribution is -0.114. The predicted octanol–water partition coefficient (Wildman–Crippen LogP) is 0.810. The van der Waals surface area contributed by atoms with Crippen LogP contribution in [0, 0.1) is 4.77 Å². The highest BCUT2D eigenvalue weighted by Gasteiger charge is 2.12. The number of aromatic hydroxyl groups is 1. The van der Waals surface area contributed by atoms with Crippen LogP contribution in [0.15, 0.2) is 28.8 Å². The van der Waals surface area contributed by atoms with Gasteiger partial charge in [0.2, 0.25) is 5.88 Å². The van der Waals surface area contributed by atoms with Gasteiger partial charge in [-0.1, -0.05) is 0 Å². The molecule has 0 fully saturated rings. The first-order valence-electron chi connectivity index (χ1n) is 6.08. The maximum atomic E-state index is 12.0. The number of fused-ring (bicyclic) bond motifs is 1. The minimum absolute atomic E-state index is 0.120. The van der Waals surface area contributed by atoms with Gasteiger partial charge in [-0.2, -0.15) is 0 Å². The number of carbonyl (C=O) groups is 1. The molecule has 2 heterocycles. The van der Waals surface area contributed by atoms with Crippen molar-refractivity contribution in [2.75, 3.05) is 7.11 Å². The second kappa shape index (κ2) is 5.02. The van der Waals surface area contributed by atoms with Crippen LogP contribution in [0.5, 0.6) is 11.6 Å². The van der Waals surface area contributed by atoms with Gasteiger partial charge in [0.1, 0.15) is 11.4 Å². The van der Waals surface area contributed by atoms with E-state index in [1.807, 2.05) is 0 Å². The highest BCUT2D eigenvalue weighted by Crippen LogP contribution is 2.17. The summed E-state index contributed by atoms with van der Waals surface area (Å²) in [5.41, 5.74) is 0.678. The standard InChI is InChI=1S/C14H11N3O3S/c1-20-9-2-3-10-7(5-9)4-8(12(18)15-10)6-11-13(19)17-14(21)16-11/h2-6,19H,1H3,(H2,16,17,21)/b8-6+. The summed E-state index contributed by atoms with van der Waals surface area (Å²) in [6, 6.07) is 5.26. The molecule has 0 saturated carbocycles. The van der Waals surface area contributed by atoms with Crippen molar-refractivity contribution in [3.8, 4) is 11.6 Å². The third-order valence-electron chi connectivity index (χ3n) is 3.05. The van der Waals surface area contributed by atoms with E-state index in [9.17, 15) is 9.90 Å². The van der Waals surface area contributed by atoms with Crippen LogP contribution in [0.2, 0.25) is 0 Å². The van der Waals surface area contributed by atoms with E-state index in [0.717, 1.165) is 5.22 Å². The number of rotatable bonds is 2. The van der Waals surface area contributed by atoms with E-state index in [1.54, 1.807) is 31.4 Å². The van der Waals surface area contributed by atoms with Crippen molar-refractivity contribution in [3.05, 3.63) is 44.8 Å². The predicted molar refractivity (Wildman–Crippen MR) is 78.9 cm³/mol. The molecule has 1 amide bonds. The first kappa shape index (κ1) is 13.3. The number of imidazole rings is 1. The van der Waals surface area contributed by atoms with Gasteiger partial charge in [-0.25, -0.2) is 4.99 Å². The smallest absolute Gasteiger partial charge is 0.277 e. The van der Waals surface area contributed by atoms with Crippen LogP contribution >= 0.6 is 12.2 Å². The minimum atomic E-state index is -0.382. The van der Waals surface area contributed by atoms with Gasteiger partial charge in [0.25, 0.3) is 5.91 Å². The molecule has 1 aromatic heterocycles. The van der Waals surface area contributed by atoms with Crippen molar-refractivity contribution < 1.29 is 14.6 Å². The Bertz CT molecular complexity index is 937. The van der Waals surface area contributed by atoms with Crippen molar-refractivity contribution in [3.63, 3.8) is 0 Å². The number of hydrogen-bond donors (Lipinski definition) is 3. The summed E-state index contributed by atoms with van der Waals surface area (Å²) in [5.74, 6) is 0.176. The zero-order valence-electron chi connectivity index (χ0n) is 11.0. The Morgan fingerprint density at radius 1 is 1.38 bits per heavy atom. The second-order valence-electron chi connectivity index (χ2n) is 4.43. The molecule has 0 bridgehead atoms. The third kappa shape index (κ3) is 2.50. The fourth-order valence-electron chi connectivity index (χ4n) is 2.03. The SMILES string of the molecule is COc1ccc2c(c1)=C/C(=C\c1[nH]c(=S)[nH]c1O)C(=O)N=2. The Morgan fingerprint density at radius 3 is 2.86 bits per heavy atom. The second-order valence-corrected chi connectivity index (χ2v) is 4.84. The van der Waals surface area contributed by atoms with E-state index < -0.39 is 0 Å². The minimum Gasteiger partial charge on any atom is -0.497 e. The maximum Gasteiger partial charge on any atom is 0.277 e. The van der Waals surface area contributed by atoms with Crippen molar-refractivity contribution in [2.24, 2.45) is 4.99 Å². The Kier molecular flexibility index (Phi) is 3.19. The highest BCUT2D eigenvalue weighted by atomic mass is 32.1. The average molecular weight is 301 g/mol. The third-order valence-corrected chi connectivity index (χ3v) is 3.25. The molecule has 106 valence electrons. The summed E-state index contributed by atoms with van der Waals surface area (Å²) in [6.45, 7) is 0. The number of aromatic nitrogens is 2. The number of methoxy groups -OCH3 is 1. The number of H-pyrrole nitrogens is 2. The van der Waals surface area contributed by atoms with Gasteiger partial charge in [-0.3, -0.25) is 4.79 Å². The van der Waals surface area contributed by atoms with E-state index in [1.165, 1.54) is 6.08 Å². The zero-order valence-corrected chi connectivity index (χ0v) is 11.8. The zero-order chi connectivity index (χ0) is 15.0. The highest BCUT2D eigenvalue weighted by molar-refractivity contribution is 7.71. The molecule has 3 rings (SSSR count). The van der Waals surface area contributed by atoms with E-state index in [0.29, 0.717) is 22.4 Å². The number of nitrogens with zero attached hydrogens (tertiary/aromatic N) is 1. The number of carbonyl (C=O) groups excluding carboxylic acids is 1. The van der Waals surface area contributed by atoms with Gasteiger partial charge in [0, 0.05) is 10.8 Å². The molecule has 1 aliphatic heterocycles. The lowest BCUT2D eigenvalue weighted by Gasteiger charge is -2.04. The molecule has 6 nitrogen and oxygen atoms in total. The summed E-state index contributed by atoms with van der Waals surface area (Å²) in [7, 11) is 1.57. The van der Waals surface area contributed by atoms with Crippen LogP contribution in [0.1, 0.15) is 5.69 Å². The Balaban J connectivity index is 2.16. The normalized spacial score (nSPS) is 15.3. The van der Waals surface area contributed by atoms with Crippen molar-refractivity contribution in [1.82, 2.24) is 9.97 Å². The molecule has 3 N–H and O–H groups in total. The molecule has 0 spiro atoms. The van der Waals surface area contributed by atoms with Crippen molar-refractivity contribution in [2.45, 2.75) is 0 Å². The Morgan fingerprint density at radius 2 is 2.19 bits per heavy atom. The maximum absolute atomic E-state index is 12.0. The molecular weight excluding hydrogens is 290 g/mol. The van der Waals surface area contributed by atoms with Crippen LogP contribution in [-0.2, 0) is 4.79 Å². The summed E-state index contributed by atoms with van der Waals surface area (Å²) < 4.78 is 5.43. The fraction of sp³-hybridized carbons (Fsp3) is 0.0714. The summed E-state index contributed by atoms with van der Waals surface area (Å²) in [5, 5.41) is 11.0. The molecule has 0 atom stereocenters. The van der Waals surface area contributed by atoms with Crippen LogP contribution in [0.4, 0.5) is 0 Å². The van der Waals surface area contributed by atoms with Crippen LogP contribution in [-0.4, -0.2) is 28.1 Å². The number of aromatic amines is 2. The van der Waals surface area contributed by atoms with Gasteiger partial charge >= 0.3 is 0 Å². The van der Waals surface area contributed by atoms with Crippen LogP contribution < -0.4 is 15.3 Å². The van der Waals surface area contributed by atoms with Gasteiger partial charge in [-0.05, 0) is 42.6 Å².